The second-order valence-electron chi connectivity index (χ2n) is 6.90. The first-order chi connectivity index (χ1) is 13.0. The van der Waals surface area contributed by atoms with Gasteiger partial charge in [0.1, 0.15) is 15.9 Å². The number of nitrogens with one attached hydrogen (secondary N) is 1. The van der Waals surface area contributed by atoms with Crippen LogP contribution in [0.3, 0.4) is 0 Å². The summed E-state index contributed by atoms with van der Waals surface area (Å²) in [5.41, 5.74) is 3.81. The summed E-state index contributed by atoms with van der Waals surface area (Å²) in [5, 5.41) is 20.4. The fourth-order valence-corrected chi connectivity index (χ4v) is 3.83. The SMILES string of the molecule is CCC(O)[C@@H]1C[C@@H](O)[C@H](n2c(=O)n(CCS(C)(=O)=O)c3c(=O)[nH]c(N)nc32)O1. The Labute approximate surface area is 159 Å². The number of nitrogens with zero attached hydrogens (tertiary/aromatic N) is 3. The molecule has 4 atom stereocenters. The monoisotopic (exact) mass is 417 g/mol. The molecular weight excluding hydrogens is 394 g/mol. The Hall–Kier alpha value is -2.22. The summed E-state index contributed by atoms with van der Waals surface area (Å²) >= 11 is 0. The number of aromatic nitrogens is 4. The van der Waals surface area contributed by atoms with Gasteiger partial charge >= 0.3 is 5.69 Å². The Morgan fingerprint density at radius 3 is 2.71 bits per heavy atom. The number of nitrogens with two attached hydrogens (primary N) is 1. The fraction of sp³-hybridized carbons (Fsp3) is 0.667. The van der Waals surface area contributed by atoms with Crippen molar-refractivity contribution in [1.29, 1.82) is 0 Å². The molecule has 156 valence electrons. The summed E-state index contributed by atoms with van der Waals surface area (Å²) in [6, 6.07) is 0. The topological polar surface area (TPSA) is 183 Å². The Balaban J connectivity index is 2.16. The van der Waals surface area contributed by atoms with Crippen LogP contribution in [-0.2, 0) is 21.1 Å². The molecule has 5 N–H and O–H groups in total. The van der Waals surface area contributed by atoms with Crippen molar-refractivity contribution in [2.24, 2.45) is 0 Å². The molecule has 13 heteroatoms. The van der Waals surface area contributed by atoms with Crippen LogP contribution in [0.5, 0.6) is 0 Å². The van der Waals surface area contributed by atoms with Crippen molar-refractivity contribution in [2.75, 3.05) is 17.7 Å². The Morgan fingerprint density at radius 1 is 1.43 bits per heavy atom. The lowest BCUT2D eigenvalue weighted by Gasteiger charge is -2.18. The van der Waals surface area contributed by atoms with Crippen LogP contribution in [0.15, 0.2) is 9.59 Å². The third-order valence-electron chi connectivity index (χ3n) is 4.73. The highest BCUT2D eigenvalue weighted by Gasteiger charge is 2.40. The number of aliphatic hydroxyl groups excluding tert-OH is 2. The highest BCUT2D eigenvalue weighted by Crippen LogP contribution is 2.32. The van der Waals surface area contributed by atoms with Gasteiger partial charge < -0.3 is 20.7 Å². The Kier molecular flexibility index (Phi) is 5.36. The molecule has 1 aliphatic rings. The van der Waals surface area contributed by atoms with Crippen molar-refractivity contribution < 1.29 is 23.4 Å². The minimum Gasteiger partial charge on any atom is -0.390 e. The molecule has 0 radical (unpaired) electrons. The zero-order valence-corrected chi connectivity index (χ0v) is 16.2. The molecule has 0 bridgehead atoms. The maximum absolute atomic E-state index is 13.0. The maximum atomic E-state index is 13.0. The number of nitrogen functional groups attached to an aromatic ring is 1. The minimum absolute atomic E-state index is 0.0841. The van der Waals surface area contributed by atoms with Gasteiger partial charge in [-0.3, -0.25) is 14.3 Å². The molecule has 0 spiro atoms. The van der Waals surface area contributed by atoms with Gasteiger partial charge in [0.25, 0.3) is 5.56 Å². The van der Waals surface area contributed by atoms with E-state index in [0.29, 0.717) is 6.42 Å². The number of aryl methyl sites for hydroxylation is 1. The van der Waals surface area contributed by atoms with Crippen LogP contribution in [0.25, 0.3) is 11.2 Å². The lowest BCUT2D eigenvalue weighted by molar-refractivity contribution is -0.0759. The molecule has 12 nitrogen and oxygen atoms in total. The molecule has 1 saturated heterocycles. The number of fused-ring (bicyclic) bond motifs is 1. The van der Waals surface area contributed by atoms with E-state index >= 15 is 0 Å². The van der Waals surface area contributed by atoms with E-state index < -0.39 is 45.6 Å². The molecule has 1 aliphatic heterocycles. The molecule has 1 fully saturated rings. The van der Waals surface area contributed by atoms with E-state index in [9.17, 15) is 28.2 Å². The van der Waals surface area contributed by atoms with Gasteiger partial charge in [-0.1, -0.05) is 6.92 Å². The number of aliphatic hydroxyl groups is 2. The number of aromatic amines is 1. The summed E-state index contributed by atoms with van der Waals surface area (Å²) in [6.07, 6.45) is -2.39. The van der Waals surface area contributed by atoms with Crippen LogP contribution in [0, 0.1) is 0 Å². The van der Waals surface area contributed by atoms with Crippen molar-refractivity contribution in [3.05, 3.63) is 20.8 Å². The van der Waals surface area contributed by atoms with E-state index in [1.54, 1.807) is 6.92 Å². The highest BCUT2D eigenvalue weighted by molar-refractivity contribution is 7.90. The zero-order chi connectivity index (χ0) is 20.8. The molecule has 0 amide bonds. The standard InChI is InChI=1S/C15H23N5O7S/c1-3-7(21)9-6-8(22)13(27-9)20-11-10(12(23)18-14(16)17-11)19(15(20)24)4-5-28(2,25)26/h7-9,13,21-22H,3-6H2,1-2H3,(H3,16,17,18,23)/t7?,8-,9+,13-/m1/s1. The van der Waals surface area contributed by atoms with Gasteiger partial charge in [-0.05, 0) is 6.42 Å². The number of hydrogen-bond donors (Lipinski definition) is 4. The largest absolute Gasteiger partial charge is 0.390 e. The highest BCUT2D eigenvalue weighted by atomic mass is 32.2. The molecule has 1 unspecified atom stereocenters. The molecule has 0 aliphatic carbocycles. The Morgan fingerprint density at radius 2 is 2.11 bits per heavy atom. The van der Waals surface area contributed by atoms with E-state index in [1.807, 2.05) is 0 Å². The van der Waals surface area contributed by atoms with Crippen molar-refractivity contribution >= 4 is 26.9 Å². The molecular formula is C15H23N5O7S. The molecule has 2 aromatic rings. The van der Waals surface area contributed by atoms with Crippen molar-refractivity contribution in [1.82, 2.24) is 19.1 Å². The maximum Gasteiger partial charge on any atom is 0.332 e. The first-order valence-corrected chi connectivity index (χ1v) is 10.8. The molecule has 0 aromatic carbocycles. The smallest absolute Gasteiger partial charge is 0.332 e. The minimum atomic E-state index is -3.41. The summed E-state index contributed by atoms with van der Waals surface area (Å²) < 4.78 is 30.7. The number of rotatable bonds is 6. The summed E-state index contributed by atoms with van der Waals surface area (Å²) in [7, 11) is -3.41. The second kappa shape index (κ2) is 7.31. The second-order valence-corrected chi connectivity index (χ2v) is 9.16. The van der Waals surface area contributed by atoms with E-state index in [2.05, 4.69) is 9.97 Å². The average Bonchev–Trinajstić information content (AvgIpc) is 3.09. The van der Waals surface area contributed by atoms with E-state index in [-0.39, 0.29) is 35.8 Å². The van der Waals surface area contributed by atoms with Gasteiger partial charge in [-0.15, -0.1) is 0 Å². The van der Waals surface area contributed by atoms with Crippen LogP contribution in [0.2, 0.25) is 0 Å². The van der Waals surface area contributed by atoms with Crippen molar-refractivity contribution in [2.45, 2.75) is 50.8 Å². The quantitative estimate of drug-likeness (QED) is 0.410. The van der Waals surface area contributed by atoms with Crippen LogP contribution >= 0.6 is 0 Å². The number of hydrogen-bond acceptors (Lipinski definition) is 9. The summed E-state index contributed by atoms with van der Waals surface area (Å²) in [4.78, 5) is 31.6. The van der Waals surface area contributed by atoms with E-state index in [1.165, 1.54) is 0 Å². The number of anilines is 1. The zero-order valence-electron chi connectivity index (χ0n) is 15.4. The first kappa shape index (κ1) is 20.5. The lowest BCUT2D eigenvalue weighted by Crippen LogP contribution is -2.33. The van der Waals surface area contributed by atoms with E-state index in [0.717, 1.165) is 15.4 Å². The molecule has 3 heterocycles. The summed E-state index contributed by atoms with van der Waals surface area (Å²) in [6.45, 7) is 1.47. The number of sulfone groups is 1. The van der Waals surface area contributed by atoms with Gasteiger partial charge in [-0.2, -0.15) is 4.98 Å². The number of H-pyrrole nitrogens is 1. The van der Waals surface area contributed by atoms with Crippen LogP contribution in [0.4, 0.5) is 5.95 Å². The molecule has 0 saturated carbocycles. The number of ether oxygens (including phenoxy) is 1. The lowest BCUT2D eigenvalue weighted by atomic mass is 10.1. The number of imidazole rings is 1. The first-order valence-electron chi connectivity index (χ1n) is 8.73. The third kappa shape index (κ3) is 3.70. The van der Waals surface area contributed by atoms with Crippen LogP contribution in [0.1, 0.15) is 26.0 Å². The van der Waals surface area contributed by atoms with Crippen molar-refractivity contribution in [3.63, 3.8) is 0 Å². The molecule has 28 heavy (non-hydrogen) atoms. The predicted molar refractivity (Wildman–Crippen MR) is 99.6 cm³/mol. The molecule has 2 aromatic heterocycles. The predicted octanol–water partition coefficient (Wildman–Crippen LogP) is -2.07. The van der Waals surface area contributed by atoms with Gasteiger partial charge in [-0.25, -0.2) is 17.8 Å². The molecule has 3 rings (SSSR count). The van der Waals surface area contributed by atoms with Gasteiger partial charge in [0, 0.05) is 19.2 Å². The fourth-order valence-electron chi connectivity index (χ4n) is 3.32. The van der Waals surface area contributed by atoms with Crippen LogP contribution in [-0.4, -0.2) is 68.1 Å². The third-order valence-corrected chi connectivity index (χ3v) is 5.66. The van der Waals surface area contributed by atoms with Gasteiger partial charge in [0.05, 0.1) is 18.0 Å². The van der Waals surface area contributed by atoms with Gasteiger partial charge in [0.15, 0.2) is 17.4 Å². The Bertz CT molecular complexity index is 1100. The average molecular weight is 417 g/mol. The summed E-state index contributed by atoms with van der Waals surface area (Å²) in [5.74, 6) is -0.620. The van der Waals surface area contributed by atoms with E-state index in [4.69, 9.17) is 10.5 Å². The van der Waals surface area contributed by atoms with Crippen molar-refractivity contribution in [3.8, 4) is 0 Å². The van der Waals surface area contributed by atoms with Gasteiger partial charge in [0.2, 0.25) is 5.95 Å². The normalized spacial score (nSPS) is 24.1. The van der Waals surface area contributed by atoms with Crippen LogP contribution < -0.4 is 17.0 Å².